The first-order chi connectivity index (χ1) is 11.7. The van der Waals surface area contributed by atoms with Crippen LogP contribution < -0.4 is 20.2 Å². The highest BCUT2D eigenvalue weighted by Crippen LogP contribution is 2.30. The number of methoxy groups -OCH3 is 1. The average molecular weight is 343 g/mol. The minimum atomic E-state index is 0.450. The molecule has 0 saturated carbocycles. The molecule has 2 aromatic rings. The number of thiocarbonyl (C=S) groups is 1. The molecule has 0 aliphatic carbocycles. The van der Waals surface area contributed by atoms with Crippen LogP contribution in [0.25, 0.3) is 0 Å². The zero-order chi connectivity index (χ0) is 17.2. The van der Waals surface area contributed by atoms with E-state index in [1.165, 1.54) is 0 Å². The van der Waals surface area contributed by atoms with Crippen LogP contribution in [0, 0.1) is 0 Å². The number of para-hydroxylation sites is 1. The fourth-order valence-corrected chi connectivity index (χ4v) is 2.24. The van der Waals surface area contributed by atoms with E-state index in [0.717, 1.165) is 17.7 Å². The topological polar surface area (TPSA) is 54.9 Å². The Morgan fingerprint density at radius 3 is 2.67 bits per heavy atom. The summed E-state index contributed by atoms with van der Waals surface area (Å²) in [4.78, 5) is 0. The van der Waals surface area contributed by atoms with Crippen molar-refractivity contribution in [3.05, 3.63) is 59.7 Å². The molecular formula is C18H21N3O2S. The number of nitrogens with one attached hydrogen (secondary N) is 2. The van der Waals surface area contributed by atoms with Gasteiger partial charge in [0.15, 0.2) is 16.6 Å². The van der Waals surface area contributed by atoms with Gasteiger partial charge in [0.25, 0.3) is 0 Å². The molecule has 0 aliphatic heterocycles. The molecule has 0 heterocycles. The van der Waals surface area contributed by atoms with Crippen molar-refractivity contribution in [2.45, 2.75) is 13.5 Å². The Morgan fingerprint density at radius 2 is 1.96 bits per heavy atom. The Labute approximate surface area is 147 Å². The number of nitrogens with zero attached hydrogens (tertiary/aromatic N) is 1. The van der Waals surface area contributed by atoms with Gasteiger partial charge in [0, 0.05) is 12.1 Å². The molecule has 0 amide bonds. The predicted molar refractivity (Wildman–Crippen MR) is 101 cm³/mol. The van der Waals surface area contributed by atoms with Crippen molar-refractivity contribution >= 4 is 23.5 Å². The third kappa shape index (κ3) is 5.24. The van der Waals surface area contributed by atoms with Gasteiger partial charge in [0.1, 0.15) is 6.61 Å². The molecule has 6 heteroatoms. The Balaban J connectivity index is 2.12. The number of hydrazone groups is 1. The monoisotopic (exact) mass is 343 g/mol. The van der Waals surface area contributed by atoms with Crippen LogP contribution in [0.5, 0.6) is 11.5 Å². The number of ether oxygens (including phenoxy) is 2. The van der Waals surface area contributed by atoms with E-state index < -0.39 is 0 Å². The van der Waals surface area contributed by atoms with Crippen LogP contribution in [-0.4, -0.2) is 25.0 Å². The lowest BCUT2D eigenvalue weighted by Gasteiger charge is -2.13. The highest BCUT2D eigenvalue weighted by Gasteiger charge is 2.09. The van der Waals surface area contributed by atoms with Crippen LogP contribution in [0.1, 0.15) is 18.1 Å². The van der Waals surface area contributed by atoms with Gasteiger partial charge in [-0.1, -0.05) is 36.4 Å². The first-order valence-electron chi connectivity index (χ1n) is 7.65. The maximum Gasteiger partial charge on any atom is 0.186 e. The predicted octanol–water partition coefficient (Wildman–Crippen LogP) is 3.09. The summed E-state index contributed by atoms with van der Waals surface area (Å²) < 4.78 is 11.4. The molecule has 126 valence electrons. The fraction of sp³-hybridized carbons (Fsp3) is 0.222. The van der Waals surface area contributed by atoms with Crippen molar-refractivity contribution in [3.63, 3.8) is 0 Å². The maximum atomic E-state index is 5.96. The second kappa shape index (κ2) is 9.52. The van der Waals surface area contributed by atoms with Crippen molar-refractivity contribution < 1.29 is 9.47 Å². The number of hydrogen-bond acceptors (Lipinski definition) is 4. The quantitative estimate of drug-likeness (QED) is 0.460. The molecule has 2 rings (SSSR count). The van der Waals surface area contributed by atoms with Gasteiger partial charge in [0.05, 0.1) is 13.3 Å². The number of hydrogen-bond donors (Lipinski definition) is 2. The SMILES string of the molecule is CCNC(=S)NN=Cc1cccc(OC)c1OCc1ccccc1. The van der Waals surface area contributed by atoms with E-state index in [1.54, 1.807) is 13.3 Å². The zero-order valence-corrected chi connectivity index (χ0v) is 14.6. The normalized spacial score (nSPS) is 10.4. The van der Waals surface area contributed by atoms with Crippen LogP contribution in [0.3, 0.4) is 0 Å². The molecule has 0 bridgehead atoms. The highest BCUT2D eigenvalue weighted by molar-refractivity contribution is 7.80. The van der Waals surface area contributed by atoms with Gasteiger partial charge in [-0.15, -0.1) is 0 Å². The van der Waals surface area contributed by atoms with E-state index in [0.29, 0.717) is 23.2 Å². The van der Waals surface area contributed by atoms with Crippen molar-refractivity contribution in [2.75, 3.05) is 13.7 Å². The first kappa shape index (κ1) is 17.7. The molecule has 5 nitrogen and oxygen atoms in total. The third-order valence-electron chi connectivity index (χ3n) is 3.16. The van der Waals surface area contributed by atoms with Gasteiger partial charge in [-0.3, -0.25) is 5.43 Å². The average Bonchev–Trinajstić information content (AvgIpc) is 2.61. The van der Waals surface area contributed by atoms with E-state index in [1.807, 2.05) is 55.5 Å². The third-order valence-corrected chi connectivity index (χ3v) is 3.40. The van der Waals surface area contributed by atoms with Crippen LogP contribution >= 0.6 is 12.2 Å². The molecule has 0 saturated heterocycles. The Morgan fingerprint density at radius 1 is 1.17 bits per heavy atom. The van der Waals surface area contributed by atoms with E-state index >= 15 is 0 Å². The van der Waals surface area contributed by atoms with Crippen molar-refractivity contribution in [1.82, 2.24) is 10.7 Å². The van der Waals surface area contributed by atoms with E-state index in [9.17, 15) is 0 Å². The van der Waals surface area contributed by atoms with Crippen LogP contribution in [0.15, 0.2) is 53.6 Å². The highest BCUT2D eigenvalue weighted by atomic mass is 32.1. The molecule has 2 N–H and O–H groups in total. The Kier molecular flexibility index (Phi) is 7.04. The molecule has 0 radical (unpaired) electrons. The molecule has 0 unspecified atom stereocenters. The van der Waals surface area contributed by atoms with E-state index in [2.05, 4.69) is 15.8 Å². The van der Waals surface area contributed by atoms with Crippen molar-refractivity contribution in [1.29, 1.82) is 0 Å². The van der Waals surface area contributed by atoms with Crippen LogP contribution in [0.4, 0.5) is 0 Å². The lowest BCUT2D eigenvalue weighted by atomic mass is 10.2. The molecule has 0 aliphatic rings. The molecule has 2 aromatic carbocycles. The summed E-state index contributed by atoms with van der Waals surface area (Å²) in [5, 5.41) is 7.58. The Bertz CT molecular complexity index is 690. The molecule has 24 heavy (non-hydrogen) atoms. The second-order valence-electron chi connectivity index (χ2n) is 4.88. The summed E-state index contributed by atoms with van der Waals surface area (Å²) in [6.45, 7) is 3.16. The first-order valence-corrected chi connectivity index (χ1v) is 8.06. The molecule has 0 spiro atoms. The molecule has 0 atom stereocenters. The van der Waals surface area contributed by atoms with Gasteiger partial charge < -0.3 is 14.8 Å². The number of benzene rings is 2. The van der Waals surface area contributed by atoms with Crippen molar-refractivity contribution in [3.8, 4) is 11.5 Å². The second-order valence-corrected chi connectivity index (χ2v) is 5.29. The van der Waals surface area contributed by atoms with E-state index in [4.69, 9.17) is 21.7 Å². The van der Waals surface area contributed by atoms with Crippen LogP contribution in [-0.2, 0) is 6.61 Å². The van der Waals surface area contributed by atoms with Crippen LogP contribution in [0.2, 0.25) is 0 Å². The van der Waals surface area contributed by atoms with Gasteiger partial charge in [-0.2, -0.15) is 5.10 Å². The Hall–Kier alpha value is -2.60. The minimum absolute atomic E-state index is 0.450. The van der Waals surface area contributed by atoms with Crippen molar-refractivity contribution in [2.24, 2.45) is 5.10 Å². The summed E-state index contributed by atoms with van der Waals surface area (Å²) >= 11 is 5.07. The van der Waals surface area contributed by atoms with E-state index in [-0.39, 0.29) is 0 Å². The summed E-state index contributed by atoms with van der Waals surface area (Å²) in [5.74, 6) is 1.30. The van der Waals surface area contributed by atoms with Gasteiger partial charge >= 0.3 is 0 Å². The summed E-state index contributed by atoms with van der Waals surface area (Å²) in [6, 6.07) is 15.6. The molecule has 0 aromatic heterocycles. The summed E-state index contributed by atoms with van der Waals surface area (Å²) in [7, 11) is 1.62. The number of rotatable bonds is 7. The fourth-order valence-electron chi connectivity index (χ4n) is 2.04. The molecule has 0 fully saturated rings. The van der Waals surface area contributed by atoms with Gasteiger partial charge in [-0.05, 0) is 36.8 Å². The largest absolute Gasteiger partial charge is 0.493 e. The minimum Gasteiger partial charge on any atom is -0.493 e. The summed E-state index contributed by atoms with van der Waals surface area (Å²) in [5.41, 5.74) is 4.65. The lowest BCUT2D eigenvalue weighted by molar-refractivity contribution is 0.284. The lowest BCUT2D eigenvalue weighted by Crippen LogP contribution is -2.31. The van der Waals surface area contributed by atoms with Gasteiger partial charge in [0.2, 0.25) is 0 Å². The standard InChI is InChI=1S/C18H21N3O2S/c1-3-19-18(24)21-20-12-15-10-7-11-16(22-2)17(15)23-13-14-8-5-4-6-9-14/h4-12H,3,13H2,1-2H3,(H2,19,21,24). The summed E-state index contributed by atoms with van der Waals surface area (Å²) in [6.07, 6.45) is 1.66. The zero-order valence-electron chi connectivity index (χ0n) is 13.8. The smallest absolute Gasteiger partial charge is 0.186 e. The van der Waals surface area contributed by atoms with Gasteiger partial charge in [-0.25, -0.2) is 0 Å². The maximum absolute atomic E-state index is 5.96. The molecular weight excluding hydrogens is 322 g/mol.